The van der Waals surface area contributed by atoms with Crippen LogP contribution in [-0.2, 0) is 21.2 Å². The number of benzene rings is 2. The predicted molar refractivity (Wildman–Crippen MR) is 107 cm³/mol. The standard InChI is InChI=1S/C20H24N2O4S/c1-15-4-6-17(7-5-15)14-20(24)21-12-13-22(27(3,25)26)19-10-8-18(9-11-19)16(2)23/h4-11H,12-14H2,1-3H3,(H,21,24). The third kappa shape index (κ3) is 6.21. The van der Waals surface area contributed by atoms with Gasteiger partial charge in [0.2, 0.25) is 15.9 Å². The van der Waals surface area contributed by atoms with E-state index < -0.39 is 10.0 Å². The number of nitrogens with one attached hydrogen (secondary N) is 1. The van der Waals surface area contributed by atoms with Crippen molar-refractivity contribution in [3.05, 3.63) is 65.2 Å². The fraction of sp³-hybridized carbons (Fsp3) is 0.300. The maximum absolute atomic E-state index is 12.1. The van der Waals surface area contributed by atoms with Crippen molar-refractivity contribution in [3.8, 4) is 0 Å². The van der Waals surface area contributed by atoms with E-state index in [0.717, 1.165) is 17.4 Å². The van der Waals surface area contributed by atoms with Gasteiger partial charge in [0.05, 0.1) is 24.9 Å². The van der Waals surface area contributed by atoms with Crippen molar-refractivity contribution in [2.75, 3.05) is 23.7 Å². The Labute approximate surface area is 160 Å². The molecule has 6 nitrogen and oxygen atoms in total. The van der Waals surface area contributed by atoms with Crippen molar-refractivity contribution in [1.82, 2.24) is 5.32 Å². The van der Waals surface area contributed by atoms with E-state index in [2.05, 4.69) is 5.32 Å². The molecule has 1 amide bonds. The summed E-state index contributed by atoms with van der Waals surface area (Å²) >= 11 is 0. The Morgan fingerprint density at radius 2 is 1.59 bits per heavy atom. The van der Waals surface area contributed by atoms with E-state index in [4.69, 9.17) is 0 Å². The minimum atomic E-state index is -3.52. The number of aryl methyl sites for hydroxylation is 1. The first-order chi connectivity index (χ1) is 12.7. The van der Waals surface area contributed by atoms with Gasteiger partial charge in [-0.05, 0) is 43.7 Å². The van der Waals surface area contributed by atoms with Gasteiger partial charge < -0.3 is 5.32 Å². The SMILES string of the molecule is CC(=O)c1ccc(N(CCNC(=O)Cc2ccc(C)cc2)S(C)(=O)=O)cc1. The normalized spacial score (nSPS) is 11.1. The zero-order valence-corrected chi connectivity index (χ0v) is 16.5. The highest BCUT2D eigenvalue weighted by Gasteiger charge is 2.17. The molecular formula is C20H24N2O4S. The molecule has 7 heteroatoms. The van der Waals surface area contributed by atoms with Crippen LogP contribution in [0.4, 0.5) is 5.69 Å². The third-order valence-corrected chi connectivity index (χ3v) is 5.28. The molecule has 144 valence electrons. The van der Waals surface area contributed by atoms with Gasteiger partial charge in [0, 0.05) is 12.1 Å². The lowest BCUT2D eigenvalue weighted by Gasteiger charge is -2.22. The van der Waals surface area contributed by atoms with E-state index in [0.29, 0.717) is 11.3 Å². The second-order valence-electron chi connectivity index (χ2n) is 6.45. The van der Waals surface area contributed by atoms with E-state index in [1.807, 2.05) is 31.2 Å². The van der Waals surface area contributed by atoms with Crippen molar-refractivity contribution >= 4 is 27.4 Å². The van der Waals surface area contributed by atoms with Crippen molar-refractivity contribution in [2.45, 2.75) is 20.3 Å². The van der Waals surface area contributed by atoms with Gasteiger partial charge in [0.1, 0.15) is 0 Å². The largest absolute Gasteiger partial charge is 0.354 e. The van der Waals surface area contributed by atoms with Crippen LogP contribution >= 0.6 is 0 Å². The Morgan fingerprint density at radius 3 is 2.11 bits per heavy atom. The van der Waals surface area contributed by atoms with E-state index in [-0.39, 0.29) is 31.2 Å². The zero-order valence-electron chi connectivity index (χ0n) is 15.7. The van der Waals surface area contributed by atoms with Crippen LogP contribution in [-0.4, -0.2) is 39.5 Å². The van der Waals surface area contributed by atoms with Crippen LogP contribution in [0.25, 0.3) is 0 Å². The van der Waals surface area contributed by atoms with E-state index >= 15 is 0 Å². The molecule has 0 bridgehead atoms. The van der Waals surface area contributed by atoms with Gasteiger partial charge in [-0.25, -0.2) is 8.42 Å². The van der Waals surface area contributed by atoms with Gasteiger partial charge in [0.15, 0.2) is 5.78 Å². The summed E-state index contributed by atoms with van der Waals surface area (Å²) in [4.78, 5) is 23.4. The maximum Gasteiger partial charge on any atom is 0.232 e. The number of nitrogens with zero attached hydrogens (tertiary/aromatic N) is 1. The quantitative estimate of drug-likeness (QED) is 0.704. The number of ketones is 1. The highest BCUT2D eigenvalue weighted by Crippen LogP contribution is 2.18. The van der Waals surface area contributed by atoms with Crippen LogP contribution < -0.4 is 9.62 Å². The van der Waals surface area contributed by atoms with Gasteiger partial charge in [-0.15, -0.1) is 0 Å². The molecule has 0 aliphatic heterocycles. The lowest BCUT2D eigenvalue weighted by Crippen LogP contribution is -2.38. The lowest BCUT2D eigenvalue weighted by molar-refractivity contribution is -0.120. The van der Waals surface area contributed by atoms with Crippen LogP contribution in [0.2, 0.25) is 0 Å². The van der Waals surface area contributed by atoms with Crippen molar-refractivity contribution in [2.24, 2.45) is 0 Å². The monoisotopic (exact) mass is 388 g/mol. The Morgan fingerprint density at radius 1 is 1.00 bits per heavy atom. The minimum Gasteiger partial charge on any atom is -0.354 e. The molecule has 0 spiro atoms. The van der Waals surface area contributed by atoms with Crippen molar-refractivity contribution < 1.29 is 18.0 Å². The average molecular weight is 388 g/mol. The summed E-state index contributed by atoms with van der Waals surface area (Å²) in [5.74, 6) is -0.255. The maximum atomic E-state index is 12.1. The molecule has 0 saturated carbocycles. The van der Waals surface area contributed by atoms with Crippen LogP contribution in [0.3, 0.4) is 0 Å². The second kappa shape index (κ2) is 8.81. The third-order valence-electron chi connectivity index (χ3n) is 4.08. The van der Waals surface area contributed by atoms with Gasteiger partial charge in [-0.2, -0.15) is 0 Å². The van der Waals surface area contributed by atoms with Crippen molar-refractivity contribution in [1.29, 1.82) is 0 Å². The molecule has 0 aliphatic carbocycles. The summed E-state index contributed by atoms with van der Waals surface area (Å²) in [5, 5.41) is 2.75. The molecule has 2 aromatic carbocycles. The first-order valence-electron chi connectivity index (χ1n) is 8.58. The van der Waals surface area contributed by atoms with Crippen molar-refractivity contribution in [3.63, 3.8) is 0 Å². The van der Waals surface area contributed by atoms with Gasteiger partial charge in [-0.1, -0.05) is 29.8 Å². The fourth-order valence-electron chi connectivity index (χ4n) is 2.60. The molecule has 1 N–H and O–H groups in total. The molecule has 0 fully saturated rings. The lowest BCUT2D eigenvalue weighted by atomic mass is 10.1. The molecule has 0 saturated heterocycles. The summed E-state index contributed by atoms with van der Waals surface area (Å²) in [6.45, 7) is 3.73. The van der Waals surface area contributed by atoms with E-state index in [9.17, 15) is 18.0 Å². The highest BCUT2D eigenvalue weighted by atomic mass is 32.2. The molecule has 2 rings (SSSR count). The Balaban J connectivity index is 1.97. The zero-order chi connectivity index (χ0) is 20.0. The molecule has 0 atom stereocenters. The molecule has 27 heavy (non-hydrogen) atoms. The second-order valence-corrected chi connectivity index (χ2v) is 8.36. The highest BCUT2D eigenvalue weighted by molar-refractivity contribution is 7.92. The number of sulfonamides is 1. The van der Waals surface area contributed by atoms with Crippen LogP contribution in [0.15, 0.2) is 48.5 Å². The van der Waals surface area contributed by atoms with Crippen LogP contribution in [0.5, 0.6) is 0 Å². The average Bonchev–Trinajstić information content (AvgIpc) is 2.60. The number of rotatable bonds is 8. The molecule has 0 radical (unpaired) electrons. The number of hydrogen-bond donors (Lipinski definition) is 1. The minimum absolute atomic E-state index is 0.0872. The summed E-state index contributed by atoms with van der Waals surface area (Å²) in [6.07, 6.45) is 1.35. The number of carbonyl (C=O) groups is 2. The number of amides is 1. The fourth-order valence-corrected chi connectivity index (χ4v) is 3.53. The molecule has 0 heterocycles. The number of hydrogen-bond acceptors (Lipinski definition) is 4. The molecule has 0 aromatic heterocycles. The molecule has 0 unspecified atom stereocenters. The van der Waals surface area contributed by atoms with Gasteiger partial charge in [0.25, 0.3) is 0 Å². The van der Waals surface area contributed by atoms with Crippen LogP contribution in [0.1, 0.15) is 28.4 Å². The van der Waals surface area contributed by atoms with Gasteiger partial charge in [-0.3, -0.25) is 13.9 Å². The first-order valence-corrected chi connectivity index (χ1v) is 10.4. The van der Waals surface area contributed by atoms with E-state index in [1.165, 1.54) is 11.2 Å². The number of anilines is 1. The summed E-state index contributed by atoms with van der Waals surface area (Å²) < 4.78 is 25.4. The molecular weight excluding hydrogens is 364 g/mol. The molecule has 2 aromatic rings. The number of Topliss-reactive ketones (excluding diaryl/α,β-unsaturated/α-hetero) is 1. The summed E-state index contributed by atoms with van der Waals surface area (Å²) in [7, 11) is -3.52. The van der Waals surface area contributed by atoms with Crippen LogP contribution in [0, 0.1) is 6.92 Å². The number of carbonyl (C=O) groups excluding carboxylic acids is 2. The summed E-state index contributed by atoms with van der Waals surface area (Å²) in [5.41, 5.74) is 2.99. The molecule has 0 aliphatic rings. The predicted octanol–water partition coefficient (Wildman–Crippen LogP) is 2.32. The summed E-state index contributed by atoms with van der Waals surface area (Å²) in [6, 6.07) is 14.0. The Hall–Kier alpha value is -2.67. The first kappa shape index (κ1) is 20.6. The smallest absolute Gasteiger partial charge is 0.232 e. The topological polar surface area (TPSA) is 83.6 Å². The van der Waals surface area contributed by atoms with E-state index in [1.54, 1.807) is 24.3 Å². The van der Waals surface area contributed by atoms with Gasteiger partial charge >= 0.3 is 0 Å². The Bertz CT molecular complexity index is 904. The Kier molecular flexibility index (Phi) is 6.74.